The van der Waals surface area contributed by atoms with E-state index in [1.54, 1.807) is 0 Å². The quantitative estimate of drug-likeness (QED) is 0.472. The van der Waals surface area contributed by atoms with Gasteiger partial charge in [0.25, 0.3) is 5.91 Å². The molecule has 1 N–H and O–H groups in total. The molecule has 5 nitrogen and oxygen atoms in total. The molecule has 6 heteroatoms. The maximum absolute atomic E-state index is 13.4. The fraction of sp³-hybridized carbons (Fsp3) is 0.500. The first-order chi connectivity index (χ1) is 9.60. The Morgan fingerprint density at radius 3 is 2.80 bits per heavy atom. The van der Waals surface area contributed by atoms with Crippen LogP contribution in [-0.2, 0) is 9.53 Å². The molecule has 1 amide bonds. The summed E-state index contributed by atoms with van der Waals surface area (Å²) in [6, 6.07) is 2.01. The van der Waals surface area contributed by atoms with Crippen LogP contribution in [0.3, 0.4) is 0 Å². The van der Waals surface area contributed by atoms with E-state index in [0.29, 0.717) is 6.42 Å². The highest BCUT2D eigenvalue weighted by atomic mass is 19.1. The number of aromatic nitrogens is 1. The Balaban J connectivity index is 2.71. The highest BCUT2D eigenvalue weighted by Gasteiger charge is 2.23. The number of rotatable bonds is 7. The molecule has 0 aliphatic carbocycles. The van der Waals surface area contributed by atoms with Gasteiger partial charge in [0.2, 0.25) is 5.95 Å². The third kappa shape index (κ3) is 4.60. The number of carbonyl (C=O) groups excluding carboxylic acids is 2. The van der Waals surface area contributed by atoms with Crippen LogP contribution in [0.2, 0.25) is 0 Å². The molecular weight excluding hydrogens is 263 g/mol. The van der Waals surface area contributed by atoms with Gasteiger partial charge < -0.3 is 10.1 Å². The number of halogens is 1. The van der Waals surface area contributed by atoms with Crippen LogP contribution in [0.15, 0.2) is 18.3 Å². The van der Waals surface area contributed by atoms with Crippen LogP contribution in [-0.4, -0.2) is 30.0 Å². The van der Waals surface area contributed by atoms with Gasteiger partial charge in [-0.3, -0.25) is 4.79 Å². The number of methoxy groups -OCH3 is 1. The number of hydrogen-bond acceptors (Lipinski definition) is 4. The summed E-state index contributed by atoms with van der Waals surface area (Å²) in [5, 5.41) is 2.49. The molecule has 1 rings (SSSR count). The molecule has 0 saturated heterocycles. The maximum Gasteiger partial charge on any atom is 0.328 e. The standard InChI is InChI=1S/C14H19FN2O3/c1-3-4-5-8-11(14(19)20-2)17-13(18)10-7-6-9-16-12(10)15/h6-7,9,11H,3-5,8H2,1-2H3,(H,17,18)/t11-/m0/s1. The second-order valence-corrected chi connectivity index (χ2v) is 4.39. The lowest BCUT2D eigenvalue weighted by atomic mass is 10.1. The van der Waals surface area contributed by atoms with Gasteiger partial charge in [-0.2, -0.15) is 4.39 Å². The third-order valence-corrected chi connectivity index (χ3v) is 2.89. The minimum atomic E-state index is -0.859. The summed E-state index contributed by atoms with van der Waals surface area (Å²) in [5.74, 6) is -2.05. The van der Waals surface area contributed by atoms with Gasteiger partial charge in [-0.1, -0.05) is 26.2 Å². The molecule has 0 bridgehead atoms. The van der Waals surface area contributed by atoms with E-state index in [4.69, 9.17) is 0 Å². The molecule has 110 valence electrons. The molecule has 0 aromatic carbocycles. The first-order valence-electron chi connectivity index (χ1n) is 6.59. The Morgan fingerprint density at radius 2 is 2.20 bits per heavy atom. The maximum atomic E-state index is 13.4. The smallest absolute Gasteiger partial charge is 0.328 e. The van der Waals surface area contributed by atoms with Crippen molar-refractivity contribution in [3.63, 3.8) is 0 Å². The van der Waals surface area contributed by atoms with Gasteiger partial charge in [0.15, 0.2) is 0 Å². The third-order valence-electron chi connectivity index (χ3n) is 2.89. The van der Waals surface area contributed by atoms with Crippen LogP contribution in [0.4, 0.5) is 4.39 Å². The minimum Gasteiger partial charge on any atom is -0.467 e. The molecule has 1 aromatic heterocycles. The van der Waals surface area contributed by atoms with E-state index in [1.165, 1.54) is 25.4 Å². The fourth-order valence-corrected chi connectivity index (χ4v) is 1.78. The number of carbonyl (C=O) groups is 2. The highest BCUT2D eigenvalue weighted by molar-refractivity contribution is 5.96. The highest BCUT2D eigenvalue weighted by Crippen LogP contribution is 2.08. The normalized spacial score (nSPS) is 11.8. The van der Waals surface area contributed by atoms with Gasteiger partial charge >= 0.3 is 5.97 Å². The number of esters is 1. The molecule has 0 radical (unpaired) electrons. The molecule has 0 unspecified atom stereocenters. The second-order valence-electron chi connectivity index (χ2n) is 4.39. The van der Waals surface area contributed by atoms with E-state index in [9.17, 15) is 14.0 Å². The van der Waals surface area contributed by atoms with Crippen LogP contribution in [0.5, 0.6) is 0 Å². The molecule has 0 saturated carbocycles. The zero-order valence-corrected chi connectivity index (χ0v) is 11.7. The Bertz CT molecular complexity index is 465. The molecule has 1 aromatic rings. The summed E-state index contributed by atoms with van der Waals surface area (Å²) in [6.45, 7) is 2.04. The van der Waals surface area contributed by atoms with Crippen molar-refractivity contribution in [2.24, 2.45) is 0 Å². The lowest BCUT2D eigenvalue weighted by Crippen LogP contribution is -2.41. The van der Waals surface area contributed by atoms with E-state index in [2.05, 4.69) is 15.0 Å². The van der Waals surface area contributed by atoms with Crippen molar-refractivity contribution in [2.45, 2.75) is 38.6 Å². The molecule has 0 aliphatic heterocycles. The zero-order valence-electron chi connectivity index (χ0n) is 11.7. The van der Waals surface area contributed by atoms with Crippen LogP contribution in [0.25, 0.3) is 0 Å². The average Bonchev–Trinajstić information content (AvgIpc) is 2.45. The van der Waals surface area contributed by atoms with Gasteiger partial charge in [0.05, 0.1) is 12.7 Å². The van der Waals surface area contributed by atoms with Crippen LogP contribution >= 0.6 is 0 Å². The Hall–Kier alpha value is -1.98. The van der Waals surface area contributed by atoms with Crippen molar-refractivity contribution in [3.8, 4) is 0 Å². The SMILES string of the molecule is CCCCC[C@H](NC(=O)c1cccnc1F)C(=O)OC. The summed E-state index contributed by atoms with van der Waals surface area (Å²) in [7, 11) is 1.26. The molecule has 0 fully saturated rings. The van der Waals surface area contributed by atoms with Crippen molar-refractivity contribution in [2.75, 3.05) is 7.11 Å². The van der Waals surface area contributed by atoms with Crippen molar-refractivity contribution in [1.29, 1.82) is 0 Å². The lowest BCUT2D eigenvalue weighted by molar-refractivity contribution is -0.143. The van der Waals surface area contributed by atoms with Crippen LogP contribution in [0, 0.1) is 5.95 Å². The van der Waals surface area contributed by atoms with Gasteiger partial charge in [-0.25, -0.2) is 9.78 Å². The van der Waals surface area contributed by atoms with Crippen molar-refractivity contribution >= 4 is 11.9 Å². The minimum absolute atomic E-state index is 0.183. The number of pyridine rings is 1. The molecular formula is C14H19FN2O3. The number of ether oxygens (including phenoxy) is 1. The van der Waals surface area contributed by atoms with Gasteiger partial charge in [-0.05, 0) is 18.6 Å². The van der Waals surface area contributed by atoms with Gasteiger partial charge in [0.1, 0.15) is 6.04 Å². The molecule has 20 heavy (non-hydrogen) atoms. The molecule has 1 atom stereocenters. The predicted molar refractivity (Wildman–Crippen MR) is 71.6 cm³/mol. The van der Waals surface area contributed by atoms with Crippen molar-refractivity contribution in [1.82, 2.24) is 10.3 Å². The number of nitrogens with one attached hydrogen (secondary N) is 1. The predicted octanol–water partition coefficient (Wildman–Crippen LogP) is 2.07. The Morgan fingerprint density at radius 1 is 1.45 bits per heavy atom. The first-order valence-corrected chi connectivity index (χ1v) is 6.59. The zero-order chi connectivity index (χ0) is 15.0. The largest absolute Gasteiger partial charge is 0.467 e. The van der Waals surface area contributed by atoms with Crippen molar-refractivity contribution in [3.05, 3.63) is 29.8 Å². The summed E-state index contributed by atoms with van der Waals surface area (Å²) in [6.07, 6.45) is 4.45. The topological polar surface area (TPSA) is 68.3 Å². The van der Waals surface area contributed by atoms with Crippen LogP contribution < -0.4 is 5.32 Å². The number of nitrogens with zero attached hydrogens (tertiary/aromatic N) is 1. The summed E-state index contributed by atoms with van der Waals surface area (Å²) >= 11 is 0. The van der Waals surface area contributed by atoms with Crippen molar-refractivity contribution < 1.29 is 18.7 Å². The van der Waals surface area contributed by atoms with E-state index in [0.717, 1.165) is 19.3 Å². The van der Waals surface area contributed by atoms with Crippen LogP contribution in [0.1, 0.15) is 43.0 Å². The molecule has 0 aliphatic rings. The molecule has 1 heterocycles. The molecule has 0 spiro atoms. The average molecular weight is 282 g/mol. The summed E-state index contributed by atoms with van der Waals surface area (Å²) in [5.41, 5.74) is -0.183. The van der Waals surface area contributed by atoms with E-state index in [1.807, 2.05) is 6.92 Å². The lowest BCUT2D eigenvalue weighted by Gasteiger charge is -2.16. The van der Waals surface area contributed by atoms with E-state index in [-0.39, 0.29) is 5.56 Å². The second kappa shape index (κ2) is 8.24. The number of amides is 1. The summed E-state index contributed by atoms with van der Waals surface area (Å²) in [4.78, 5) is 26.9. The number of hydrogen-bond donors (Lipinski definition) is 1. The summed E-state index contributed by atoms with van der Waals surface area (Å²) < 4.78 is 18.0. The first kappa shape index (κ1) is 16.1. The number of unbranched alkanes of at least 4 members (excludes halogenated alkanes) is 2. The van der Waals surface area contributed by atoms with Gasteiger partial charge in [-0.15, -0.1) is 0 Å². The van der Waals surface area contributed by atoms with E-state index >= 15 is 0 Å². The van der Waals surface area contributed by atoms with Gasteiger partial charge in [0, 0.05) is 6.20 Å². The monoisotopic (exact) mass is 282 g/mol. The van der Waals surface area contributed by atoms with E-state index < -0.39 is 23.9 Å². The Labute approximate surface area is 117 Å². The fourth-order valence-electron chi connectivity index (χ4n) is 1.78. The Kier molecular flexibility index (Phi) is 6.63.